The van der Waals surface area contributed by atoms with E-state index in [4.69, 9.17) is 10.5 Å². The number of carbonyl (C=O) groups excluding carboxylic acids is 1. The molecule has 2 amide bonds. The molecule has 1 saturated heterocycles. The first-order valence-electron chi connectivity index (χ1n) is 9.32. The van der Waals surface area contributed by atoms with Crippen LogP contribution < -0.4 is 21.5 Å². The molecule has 1 aromatic rings. The summed E-state index contributed by atoms with van der Waals surface area (Å²) in [4.78, 5) is 18.8. The molecule has 1 fully saturated rings. The molecule has 0 aromatic carbocycles. The van der Waals surface area contributed by atoms with Crippen molar-refractivity contribution in [2.24, 2.45) is 17.4 Å². The number of nitrogens with one attached hydrogen (secondary N) is 1. The first-order valence-corrected chi connectivity index (χ1v) is 10.1. The molecule has 2 heterocycles. The van der Waals surface area contributed by atoms with Gasteiger partial charge in [-0.05, 0) is 39.3 Å². The van der Waals surface area contributed by atoms with Gasteiger partial charge in [-0.2, -0.15) is 0 Å². The minimum atomic E-state index is -1.43. The number of hydrogen-bond acceptors (Lipinski definition) is 6. The largest absolute Gasteiger partial charge is 0.481 e. The van der Waals surface area contributed by atoms with Crippen LogP contribution in [0.1, 0.15) is 33.1 Å². The highest BCUT2D eigenvalue weighted by Gasteiger charge is 2.38. The molecule has 0 spiro atoms. The number of piperidine rings is 1. The van der Waals surface area contributed by atoms with Gasteiger partial charge in [0.05, 0.1) is 7.11 Å². The second kappa shape index (κ2) is 11.8. The van der Waals surface area contributed by atoms with Gasteiger partial charge in [-0.1, -0.05) is 18.7 Å². The van der Waals surface area contributed by atoms with Gasteiger partial charge in [0.1, 0.15) is 0 Å². The van der Waals surface area contributed by atoms with Crippen molar-refractivity contribution < 1.29 is 13.9 Å². The molecule has 1 unspecified atom stereocenters. The molecule has 9 heteroatoms. The van der Waals surface area contributed by atoms with E-state index in [9.17, 15) is 4.79 Å². The quantitative estimate of drug-likeness (QED) is 0.619. The number of likely N-dealkylation sites (tertiary alicyclic amines) is 1. The lowest BCUT2D eigenvalue weighted by atomic mass is 9.92. The molecule has 0 radical (unpaired) electrons. The van der Waals surface area contributed by atoms with E-state index in [0.717, 1.165) is 4.90 Å². The summed E-state index contributed by atoms with van der Waals surface area (Å²) >= 11 is 1.17. The number of carbonyl (C=O) groups is 1. The van der Waals surface area contributed by atoms with Crippen LogP contribution in [0.25, 0.3) is 0 Å². The summed E-state index contributed by atoms with van der Waals surface area (Å²) in [5, 5.41) is 1.37. The Morgan fingerprint density at radius 3 is 2.57 bits per heavy atom. The van der Waals surface area contributed by atoms with Crippen LogP contribution in [0, 0.1) is 5.92 Å². The average molecular weight is 414 g/mol. The second-order valence-corrected chi connectivity index (χ2v) is 7.83. The van der Waals surface area contributed by atoms with Crippen LogP contribution in [-0.2, 0) is 0 Å². The van der Waals surface area contributed by atoms with Crippen LogP contribution in [0.5, 0.6) is 5.88 Å². The van der Waals surface area contributed by atoms with Crippen LogP contribution in [-0.4, -0.2) is 48.2 Å². The van der Waals surface area contributed by atoms with Crippen LogP contribution in [0.4, 0.5) is 9.18 Å². The molecule has 1 atom stereocenters. The zero-order valence-electron chi connectivity index (χ0n) is 17.1. The first kappa shape index (κ1) is 24.0. The van der Waals surface area contributed by atoms with Crippen molar-refractivity contribution in [3.05, 3.63) is 30.2 Å². The van der Waals surface area contributed by atoms with Crippen LogP contribution >= 0.6 is 11.8 Å². The van der Waals surface area contributed by atoms with Gasteiger partial charge in [0.25, 0.3) is 0 Å². The van der Waals surface area contributed by atoms with Gasteiger partial charge in [0, 0.05) is 48.1 Å². The number of methoxy groups -OCH3 is 1. The number of nitrogens with two attached hydrogens (primary N) is 2. The maximum atomic E-state index is 15.3. The number of alkyl halides is 1. The number of hydrogen-bond donors (Lipinski definition) is 3. The van der Waals surface area contributed by atoms with Crippen LogP contribution in [0.15, 0.2) is 35.1 Å². The Morgan fingerprint density at radius 2 is 2.11 bits per heavy atom. The Kier molecular flexibility index (Phi) is 10.1. The van der Waals surface area contributed by atoms with Crippen molar-refractivity contribution in [3.63, 3.8) is 0 Å². The highest BCUT2D eigenvalue weighted by molar-refractivity contribution is 8.00. The molecule has 0 bridgehead atoms. The predicted octanol–water partition coefficient (Wildman–Crippen LogP) is 3.07. The molecule has 7 nitrogen and oxygen atoms in total. The normalized spacial score (nSPS) is 17.2. The Hall–Kier alpha value is -2.00. The minimum Gasteiger partial charge on any atom is -0.481 e. The number of urea groups is 1. The predicted molar refractivity (Wildman–Crippen MR) is 112 cm³/mol. The summed E-state index contributed by atoms with van der Waals surface area (Å²) < 4.78 is 20.3. The topological polar surface area (TPSA) is 106 Å². The summed E-state index contributed by atoms with van der Waals surface area (Å²) in [6, 6.07) is 3.36. The maximum absolute atomic E-state index is 15.3. The highest BCUT2D eigenvalue weighted by atomic mass is 32.2. The number of thioether (sulfide) groups is 1. The minimum absolute atomic E-state index is 0.130. The van der Waals surface area contributed by atoms with Crippen molar-refractivity contribution in [2.45, 2.75) is 43.0 Å². The fourth-order valence-electron chi connectivity index (χ4n) is 2.92. The van der Waals surface area contributed by atoms with Crippen molar-refractivity contribution in [1.29, 1.82) is 0 Å². The number of rotatable bonds is 6. The molecule has 0 aliphatic carbocycles. The summed E-state index contributed by atoms with van der Waals surface area (Å²) in [6.07, 6.45) is 4.92. The lowest BCUT2D eigenvalue weighted by Crippen LogP contribution is -2.46. The van der Waals surface area contributed by atoms with E-state index >= 15 is 4.39 Å². The lowest BCUT2D eigenvalue weighted by molar-refractivity contribution is 0.120. The van der Waals surface area contributed by atoms with Gasteiger partial charge in [-0.25, -0.2) is 14.2 Å². The maximum Gasteiger partial charge on any atom is 0.321 e. The van der Waals surface area contributed by atoms with Crippen molar-refractivity contribution >= 4 is 17.8 Å². The molecule has 1 aromatic heterocycles. The fraction of sp³-hybridized carbons (Fsp3) is 0.579. The van der Waals surface area contributed by atoms with Gasteiger partial charge < -0.3 is 26.4 Å². The van der Waals surface area contributed by atoms with Crippen LogP contribution in [0.2, 0.25) is 0 Å². The van der Waals surface area contributed by atoms with E-state index in [0.29, 0.717) is 43.9 Å². The van der Waals surface area contributed by atoms with Crippen LogP contribution in [0.3, 0.4) is 0 Å². The van der Waals surface area contributed by atoms with Crippen molar-refractivity contribution in [3.8, 4) is 5.88 Å². The number of halogens is 1. The van der Waals surface area contributed by atoms with Gasteiger partial charge in [0.15, 0.2) is 5.00 Å². The standard InChI is InChI=1S/C18H27FN4O2S.CH5N/c1-4-14(11-20)22-17(24)23-9-7-13(8-10-23)18(2,19)26-15-5-6-16(25-3)21-12-15;1-2/h5-6,11-13H,4,7-10,20H2,1-3H3,(H,22,24);2H2,1H3/b14-11+;. The summed E-state index contributed by atoms with van der Waals surface area (Å²) in [6.45, 7) is 4.58. The van der Waals surface area contributed by atoms with E-state index in [1.54, 1.807) is 31.2 Å². The number of allylic oxidation sites excluding steroid dienone is 1. The molecular weight excluding hydrogens is 381 g/mol. The number of amides is 2. The van der Waals surface area contributed by atoms with E-state index in [-0.39, 0.29) is 11.9 Å². The Morgan fingerprint density at radius 1 is 1.46 bits per heavy atom. The number of pyridine rings is 1. The third-order valence-electron chi connectivity index (χ3n) is 4.60. The van der Waals surface area contributed by atoms with E-state index in [1.807, 2.05) is 13.0 Å². The van der Waals surface area contributed by atoms with Crippen molar-refractivity contribution in [1.82, 2.24) is 15.2 Å². The van der Waals surface area contributed by atoms with E-state index in [2.05, 4.69) is 16.0 Å². The van der Waals surface area contributed by atoms with E-state index in [1.165, 1.54) is 25.0 Å². The molecule has 5 N–H and O–H groups in total. The number of nitrogens with zero attached hydrogens (tertiary/aromatic N) is 2. The monoisotopic (exact) mass is 413 g/mol. The third-order valence-corrected chi connectivity index (χ3v) is 5.81. The van der Waals surface area contributed by atoms with E-state index < -0.39 is 5.00 Å². The van der Waals surface area contributed by atoms with Gasteiger partial charge in [-0.15, -0.1) is 0 Å². The molecule has 0 saturated carbocycles. The van der Waals surface area contributed by atoms with Gasteiger partial charge in [-0.3, -0.25) is 0 Å². The first-order chi connectivity index (χ1) is 13.4. The SMILES string of the molecule is CC/C(=C\N)NC(=O)N1CCC(C(C)(F)Sc2ccc(OC)nc2)CC1.CN. The Labute approximate surface area is 171 Å². The summed E-state index contributed by atoms with van der Waals surface area (Å²) in [5.41, 5.74) is 10.7. The molecular formula is C19H32FN5O2S. The highest BCUT2D eigenvalue weighted by Crippen LogP contribution is 2.44. The molecule has 1 aliphatic heterocycles. The number of ether oxygens (including phenoxy) is 1. The fourth-order valence-corrected chi connectivity index (χ4v) is 4.03. The van der Waals surface area contributed by atoms with Crippen molar-refractivity contribution in [2.75, 3.05) is 27.2 Å². The third kappa shape index (κ3) is 6.87. The average Bonchev–Trinajstić information content (AvgIpc) is 2.73. The molecule has 28 heavy (non-hydrogen) atoms. The second-order valence-electron chi connectivity index (χ2n) is 6.36. The Bertz CT molecular complexity index is 632. The van der Waals surface area contributed by atoms with Gasteiger partial charge >= 0.3 is 6.03 Å². The van der Waals surface area contributed by atoms with Gasteiger partial charge in [0.2, 0.25) is 5.88 Å². The number of aromatic nitrogens is 1. The lowest BCUT2D eigenvalue weighted by Gasteiger charge is -2.37. The molecule has 2 rings (SSSR count). The summed E-state index contributed by atoms with van der Waals surface area (Å²) in [7, 11) is 3.05. The zero-order chi connectivity index (χ0) is 21.2. The Balaban J connectivity index is 0.00000190. The molecule has 158 valence electrons. The molecule has 1 aliphatic rings. The summed E-state index contributed by atoms with van der Waals surface area (Å²) in [5.74, 6) is 0.376. The zero-order valence-corrected chi connectivity index (χ0v) is 17.9. The smallest absolute Gasteiger partial charge is 0.321 e.